The lowest BCUT2D eigenvalue weighted by atomic mass is 10.2. The summed E-state index contributed by atoms with van der Waals surface area (Å²) in [4.78, 5) is 24.3. The quantitative estimate of drug-likeness (QED) is 0.878. The number of hydrogen-bond acceptors (Lipinski definition) is 3. The largest absolute Gasteiger partial charge is 0.480 e. The number of anilines is 1. The first kappa shape index (κ1) is 14.4. The Morgan fingerprint density at radius 3 is 2.80 bits per heavy atom. The Morgan fingerprint density at radius 1 is 1.40 bits per heavy atom. The fraction of sp³-hybridized carbons (Fsp3) is 0.385. The topological polar surface area (TPSA) is 69.6 Å². The molecule has 1 fully saturated rings. The van der Waals surface area contributed by atoms with Crippen LogP contribution in [0.5, 0.6) is 0 Å². The molecule has 0 spiro atoms. The minimum atomic E-state index is -0.969. The number of benzene rings is 1. The first-order chi connectivity index (χ1) is 9.47. The highest BCUT2D eigenvalue weighted by Gasteiger charge is 2.31. The van der Waals surface area contributed by atoms with E-state index < -0.39 is 29.6 Å². The van der Waals surface area contributed by atoms with Gasteiger partial charge in [0.05, 0.1) is 12.2 Å². The third-order valence-electron chi connectivity index (χ3n) is 3.20. The number of rotatable bonds is 4. The van der Waals surface area contributed by atoms with E-state index in [1.54, 1.807) is 0 Å². The number of carbonyl (C=O) groups excluding carboxylic acids is 1. The molecular weight excluding hydrogens is 270 g/mol. The number of amides is 1. The zero-order valence-electron chi connectivity index (χ0n) is 10.6. The van der Waals surface area contributed by atoms with E-state index in [2.05, 4.69) is 5.32 Å². The molecule has 5 nitrogen and oxygen atoms in total. The third-order valence-corrected chi connectivity index (χ3v) is 3.20. The Kier molecular flexibility index (Phi) is 4.29. The van der Waals surface area contributed by atoms with Gasteiger partial charge in [0.15, 0.2) is 0 Å². The average Bonchev–Trinajstić information content (AvgIpc) is 2.81. The van der Waals surface area contributed by atoms with Crippen molar-refractivity contribution in [1.29, 1.82) is 0 Å². The molecule has 0 aliphatic carbocycles. The molecule has 0 bridgehead atoms. The highest BCUT2D eigenvalue weighted by molar-refractivity contribution is 5.92. The van der Waals surface area contributed by atoms with Gasteiger partial charge < -0.3 is 10.4 Å². The SMILES string of the molecule is O=C(CN1CCCC1C(=O)O)Nc1ccc(F)cc1F. The molecule has 7 heteroatoms. The summed E-state index contributed by atoms with van der Waals surface area (Å²) in [5.74, 6) is -3.09. The van der Waals surface area contributed by atoms with Crippen LogP contribution in [0.15, 0.2) is 18.2 Å². The summed E-state index contributed by atoms with van der Waals surface area (Å²) >= 11 is 0. The summed E-state index contributed by atoms with van der Waals surface area (Å²) in [7, 11) is 0. The van der Waals surface area contributed by atoms with Crippen LogP contribution in [0.2, 0.25) is 0 Å². The number of carbonyl (C=O) groups is 2. The molecule has 2 N–H and O–H groups in total. The molecule has 1 aromatic carbocycles. The lowest BCUT2D eigenvalue weighted by Gasteiger charge is -2.20. The van der Waals surface area contributed by atoms with E-state index in [4.69, 9.17) is 5.11 Å². The molecule has 1 saturated heterocycles. The van der Waals surface area contributed by atoms with Crippen LogP contribution in [-0.4, -0.2) is 41.0 Å². The maximum atomic E-state index is 13.4. The van der Waals surface area contributed by atoms with E-state index in [0.717, 1.165) is 12.1 Å². The van der Waals surface area contributed by atoms with E-state index in [1.807, 2.05) is 0 Å². The molecule has 0 aromatic heterocycles. The minimum absolute atomic E-state index is 0.123. The maximum Gasteiger partial charge on any atom is 0.320 e. The van der Waals surface area contributed by atoms with Crippen molar-refractivity contribution in [3.8, 4) is 0 Å². The van der Waals surface area contributed by atoms with E-state index in [-0.39, 0.29) is 12.2 Å². The summed E-state index contributed by atoms with van der Waals surface area (Å²) in [5, 5.41) is 11.3. The van der Waals surface area contributed by atoms with Gasteiger partial charge in [0.25, 0.3) is 0 Å². The second kappa shape index (κ2) is 5.96. The van der Waals surface area contributed by atoms with Crippen LogP contribution in [0, 0.1) is 11.6 Å². The van der Waals surface area contributed by atoms with Gasteiger partial charge in [0.2, 0.25) is 5.91 Å². The number of hydrogen-bond donors (Lipinski definition) is 2. The first-order valence-corrected chi connectivity index (χ1v) is 6.19. The van der Waals surface area contributed by atoms with E-state index in [9.17, 15) is 18.4 Å². The molecule has 1 heterocycles. The smallest absolute Gasteiger partial charge is 0.320 e. The highest BCUT2D eigenvalue weighted by atomic mass is 19.1. The van der Waals surface area contributed by atoms with Crippen molar-refractivity contribution in [2.24, 2.45) is 0 Å². The maximum absolute atomic E-state index is 13.4. The number of likely N-dealkylation sites (tertiary alicyclic amines) is 1. The van der Waals surface area contributed by atoms with Crippen LogP contribution in [0.25, 0.3) is 0 Å². The van der Waals surface area contributed by atoms with Gasteiger partial charge in [0.1, 0.15) is 17.7 Å². The van der Waals surface area contributed by atoms with Crippen LogP contribution >= 0.6 is 0 Å². The fourth-order valence-corrected chi connectivity index (χ4v) is 2.26. The van der Waals surface area contributed by atoms with Gasteiger partial charge in [-0.1, -0.05) is 0 Å². The van der Waals surface area contributed by atoms with Gasteiger partial charge in [-0.3, -0.25) is 14.5 Å². The molecule has 1 aliphatic heterocycles. The number of carboxylic acid groups (broad SMARTS) is 1. The molecule has 2 rings (SSSR count). The molecule has 1 amide bonds. The van der Waals surface area contributed by atoms with Crippen LogP contribution in [0.4, 0.5) is 14.5 Å². The molecule has 1 unspecified atom stereocenters. The monoisotopic (exact) mass is 284 g/mol. The summed E-state index contributed by atoms with van der Waals surface area (Å²) in [6, 6.07) is 2.15. The van der Waals surface area contributed by atoms with Crippen molar-refractivity contribution in [2.45, 2.75) is 18.9 Å². The van der Waals surface area contributed by atoms with Gasteiger partial charge in [-0.15, -0.1) is 0 Å². The van der Waals surface area contributed by atoms with Crippen molar-refractivity contribution in [3.63, 3.8) is 0 Å². The van der Waals surface area contributed by atoms with Crippen molar-refractivity contribution >= 4 is 17.6 Å². The standard InChI is InChI=1S/C13H14F2N2O3/c14-8-3-4-10(9(15)6-8)16-12(18)7-17-5-1-2-11(17)13(19)20/h3-4,6,11H,1-2,5,7H2,(H,16,18)(H,19,20). The predicted molar refractivity (Wildman–Crippen MR) is 67.2 cm³/mol. The molecule has 1 atom stereocenters. The summed E-state index contributed by atoms with van der Waals surface area (Å²) in [6.07, 6.45) is 1.20. The molecule has 1 aliphatic rings. The number of nitrogens with zero attached hydrogens (tertiary/aromatic N) is 1. The zero-order chi connectivity index (χ0) is 14.7. The number of nitrogens with one attached hydrogen (secondary N) is 1. The molecule has 0 radical (unpaired) electrons. The molecular formula is C13H14F2N2O3. The summed E-state index contributed by atoms with van der Waals surface area (Å²) in [6.45, 7) is 0.379. The van der Waals surface area contributed by atoms with Gasteiger partial charge in [-0.2, -0.15) is 0 Å². The van der Waals surface area contributed by atoms with E-state index in [1.165, 1.54) is 4.90 Å². The normalized spacial score (nSPS) is 19.0. The lowest BCUT2D eigenvalue weighted by Crippen LogP contribution is -2.41. The van der Waals surface area contributed by atoms with Crippen LogP contribution in [0.3, 0.4) is 0 Å². The third kappa shape index (κ3) is 3.30. The van der Waals surface area contributed by atoms with Crippen molar-refractivity contribution in [1.82, 2.24) is 4.90 Å². The predicted octanol–water partition coefficient (Wildman–Crippen LogP) is 1.45. The molecule has 108 valence electrons. The van der Waals surface area contributed by atoms with Gasteiger partial charge in [-0.05, 0) is 31.5 Å². The first-order valence-electron chi connectivity index (χ1n) is 6.19. The molecule has 1 aromatic rings. The van der Waals surface area contributed by atoms with Crippen LogP contribution in [-0.2, 0) is 9.59 Å². The van der Waals surface area contributed by atoms with Crippen molar-refractivity contribution < 1.29 is 23.5 Å². The summed E-state index contributed by atoms with van der Waals surface area (Å²) in [5.41, 5.74) is -0.123. The Bertz CT molecular complexity index is 536. The van der Waals surface area contributed by atoms with Gasteiger partial charge in [0, 0.05) is 6.07 Å². The molecule has 20 heavy (non-hydrogen) atoms. The number of aliphatic carboxylic acids is 1. The van der Waals surface area contributed by atoms with Gasteiger partial charge >= 0.3 is 5.97 Å². The van der Waals surface area contributed by atoms with Crippen LogP contribution in [0.1, 0.15) is 12.8 Å². The fourth-order valence-electron chi connectivity index (χ4n) is 2.26. The number of halogens is 2. The second-order valence-corrected chi connectivity index (χ2v) is 4.64. The van der Waals surface area contributed by atoms with Crippen LogP contribution < -0.4 is 5.32 Å². The van der Waals surface area contributed by atoms with Gasteiger partial charge in [-0.25, -0.2) is 8.78 Å². The van der Waals surface area contributed by atoms with Crippen molar-refractivity contribution in [2.75, 3.05) is 18.4 Å². The number of carboxylic acids is 1. The summed E-state index contributed by atoms with van der Waals surface area (Å²) < 4.78 is 26.1. The Morgan fingerprint density at radius 2 is 2.15 bits per heavy atom. The Hall–Kier alpha value is -2.02. The van der Waals surface area contributed by atoms with E-state index >= 15 is 0 Å². The second-order valence-electron chi connectivity index (χ2n) is 4.64. The Balaban J connectivity index is 1.97. The minimum Gasteiger partial charge on any atom is -0.480 e. The molecule has 0 saturated carbocycles. The lowest BCUT2D eigenvalue weighted by molar-refractivity contribution is -0.142. The highest BCUT2D eigenvalue weighted by Crippen LogP contribution is 2.18. The zero-order valence-corrected chi connectivity index (χ0v) is 10.6. The average molecular weight is 284 g/mol. The van der Waals surface area contributed by atoms with Crippen molar-refractivity contribution in [3.05, 3.63) is 29.8 Å². The van der Waals surface area contributed by atoms with E-state index in [0.29, 0.717) is 25.5 Å². The Labute approximate surface area is 114 Å².